The van der Waals surface area contributed by atoms with Crippen molar-refractivity contribution in [1.29, 1.82) is 0 Å². The summed E-state index contributed by atoms with van der Waals surface area (Å²) in [6, 6.07) is 2.05. The molecule has 0 atom stereocenters. The van der Waals surface area contributed by atoms with Crippen molar-refractivity contribution in [3.8, 4) is 5.75 Å². The maximum Gasteiger partial charge on any atom is 0.552 e. The molecule has 2 aromatic rings. The van der Waals surface area contributed by atoms with Crippen LogP contribution in [0.3, 0.4) is 0 Å². The predicted molar refractivity (Wildman–Crippen MR) is 88.4 cm³/mol. The van der Waals surface area contributed by atoms with Crippen LogP contribution in [0.1, 0.15) is 44.6 Å². The molecule has 0 bridgehead atoms. The molecule has 2 aromatic heterocycles. The lowest BCUT2D eigenvalue weighted by Gasteiger charge is -2.32. The zero-order valence-electron chi connectivity index (χ0n) is 12.9. The Morgan fingerprint density at radius 1 is 1.36 bits per heavy atom. The first-order valence-electron chi connectivity index (χ1n) is 8.29. The van der Waals surface area contributed by atoms with Gasteiger partial charge in [-0.1, -0.05) is 13.3 Å². The van der Waals surface area contributed by atoms with Gasteiger partial charge in [0, 0.05) is 17.1 Å². The molecule has 1 aliphatic carbocycles. The number of H-pyrrole nitrogens is 1. The van der Waals surface area contributed by atoms with E-state index in [2.05, 4.69) is 16.9 Å². The lowest BCUT2D eigenvalue weighted by molar-refractivity contribution is 0.308. The normalized spacial score (nSPS) is 24.8. The number of hydrogen-bond acceptors (Lipinski definition) is 3. The topological polar surface area (TPSA) is 58.1 Å². The molecule has 0 aromatic carbocycles. The van der Waals surface area contributed by atoms with Gasteiger partial charge in [0.2, 0.25) is 0 Å². The number of allylic oxidation sites excluding steroid dienone is 1. The van der Waals surface area contributed by atoms with Crippen LogP contribution < -0.4 is 4.65 Å². The van der Waals surface area contributed by atoms with Crippen molar-refractivity contribution in [2.45, 2.75) is 39.0 Å². The predicted octanol–water partition coefficient (Wildman–Crippen LogP) is 3.57. The first kappa shape index (κ1) is 13.9. The molecule has 1 fully saturated rings. The van der Waals surface area contributed by atoms with Crippen LogP contribution in [0.5, 0.6) is 5.75 Å². The third-order valence-electron chi connectivity index (χ3n) is 5.27. The van der Waals surface area contributed by atoms with Crippen LogP contribution in [0.4, 0.5) is 0 Å². The van der Waals surface area contributed by atoms with Gasteiger partial charge in [-0.2, -0.15) is 0 Å². The zero-order valence-corrected chi connectivity index (χ0v) is 12.9. The molecule has 0 spiro atoms. The fourth-order valence-corrected chi connectivity index (χ4v) is 4.00. The molecule has 3 heterocycles. The molecule has 0 unspecified atom stereocenters. The van der Waals surface area contributed by atoms with E-state index in [-0.39, 0.29) is 0 Å². The summed E-state index contributed by atoms with van der Waals surface area (Å²) in [5.41, 5.74) is 3.25. The second-order valence-electron chi connectivity index (χ2n) is 6.49. The number of pyridine rings is 1. The van der Waals surface area contributed by atoms with Crippen LogP contribution in [0.2, 0.25) is 0 Å². The summed E-state index contributed by atoms with van der Waals surface area (Å²) in [5.74, 6) is 3.98. The fourth-order valence-electron chi connectivity index (χ4n) is 4.00. The highest BCUT2D eigenvalue weighted by molar-refractivity contribution is 6.52. The largest absolute Gasteiger partial charge is 0.552 e. The van der Waals surface area contributed by atoms with Crippen molar-refractivity contribution in [2.75, 3.05) is 0 Å². The molecule has 0 saturated heterocycles. The van der Waals surface area contributed by atoms with E-state index in [0.29, 0.717) is 11.7 Å². The summed E-state index contributed by atoms with van der Waals surface area (Å²) >= 11 is 0. The van der Waals surface area contributed by atoms with Crippen molar-refractivity contribution < 1.29 is 9.68 Å². The number of hydrogen-bond donors (Lipinski definition) is 2. The third-order valence-corrected chi connectivity index (χ3v) is 5.27. The number of aromatic amines is 1. The smallest absolute Gasteiger partial charge is 0.531 e. The molecular formula is C17H21BN2O2. The lowest BCUT2D eigenvalue weighted by Crippen LogP contribution is -2.27. The zero-order chi connectivity index (χ0) is 15.1. The van der Waals surface area contributed by atoms with Gasteiger partial charge in [-0.25, -0.2) is 4.98 Å². The molecular weight excluding hydrogens is 275 g/mol. The number of rotatable bonds is 2. The average Bonchev–Trinajstić information content (AvgIpc) is 3.02. The molecule has 0 amide bonds. The second-order valence-corrected chi connectivity index (χ2v) is 6.49. The maximum absolute atomic E-state index is 10.0. The number of nitrogens with one attached hydrogen (secondary N) is 1. The van der Waals surface area contributed by atoms with Crippen molar-refractivity contribution >= 4 is 23.7 Å². The van der Waals surface area contributed by atoms with Crippen LogP contribution >= 0.6 is 0 Å². The molecule has 1 aliphatic heterocycles. The third kappa shape index (κ3) is 2.24. The summed E-state index contributed by atoms with van der Waals surface area (Å²) in [6.07, 6.45) is 9.88. The highest BCUT2D eigenvalue weighted by atomic mass is 16.5. The molecule has 2 N–H and O–H groups in total. The summed E-state index contributed by atoms with van der Waals surface area (Å²) in [5, 5.41) is 11.1. The van der Waals surface area contributed by atoms with Gasteiger partial charge in [0.25, 0.3) is 0 Å². The monoisotopic (exact) mass is 296 g/mol. The molecule has 2 aliphatic rings. The Morgan fingerprint density at radius 3 is 2.95 bits per heavy atom. The number of fused-ring (bicyclic) bond motifs is 3. The van der Waals surface area contributed by atoms with Gasteiger partial charge in [0.05, 0.1) is 6.20 Å². The van der Waals surface area contributed by atoms with E-state index in [9.17, 15) is 5.02 Å². The highest BCUT2D eigenvalue weighted by Crippen LogP contribution is 2.44. The van der Waals surface area contributed by atoms with Crippen LogP contribution in [0.15, 0.2) is 24.4 Å². The van der Waals surface area contributed by atoms with Crippen molar-refractivity contribution in [1.82, 2.24) is 9.97 Å². The van der Waals surface area contributed by atoms with E-state index >= 15 is 0 Å². The summed E-state index contributed by atoms with van der Waals surface area (Å²) in [6.45, 7) is 2.28. The Labute approximate surface area is 130 Å². The van der Waals surface area contributed by atoms with Crippen molar-refractivity contribution in [3.63, 3.8) is 0 Å². The molecule has 114 valence electrons. The van der Waals surface area contributed by atoms with Crippen LogP contribution in [-0.2, 0) is 0 Å². The minimum atomic E-state index is -0.857. The Bertz CT molecular complexity index is 717. The van der Waals surface area contributed by atoms with Crippen molar-refractivity contribution in [2.24, 2.45) is 11.8 Å². The second kappa shape index (κ2) is 5.47. The van der Waals surface area contributed by atoms with Gasteiger partial charge >= 0.3 is 7.12 Å². The van der Waals surface area contributed by atoms with Crippen LogP contribution in [0.25, 0.3) is 16.6 Å². The Morgan fingerprint density at radius 2 is 2.18 bits per heavy atom. The maximum atomic E-state index is 10.0. The summed E-state index contributed by atoms with van der Waals surface area (Å²) in [7, 11) is -0.857. The van der Waals surface area contributed by atoms with E-state index in [4.69, 9.17) is 4.65 Å². The average molecular weight is 296 g/mol. The SMILES string of the molecule is CCC1CCC(C2=CB(O)Oc3cnc4[nH]ccc4c32)CC1. The Kier molecular flexibility index (Phi) is 3.45. The fraction of sp³-hybridized carbons (Fsp3) is 0.471. The van der Waals surface area contributed by atoms with Gasteiger partial charge in [0.15, 0.2) is 0 Å². The quantitative estimate of drug-likeness (QED) is 0.833. The Balaban J connectivity index is 1.75. The Hall–Kier alpha value is -1.75. The van der Waals surface area contributed by atoms with Gasteiger partial charge in [-0.3, -0.25) is 0 Å². The van der Waals surface area contributed by atoms with Crippen LogP contribution in [-0.4, -0.2) is 22.1 Å². The van der Waals surface area contributed by atoms with Crippen molar-refractivity contribution in [3.05, 3.63) is 30.0 Å². The van der Waals surface area contributed by atoms with Crippen LogP contribution in [0, 0.1) is 11.8 Å². The highest BCUT2D eigenvalue weighted by Gasteiger charge is 2.32. The number of aromatic nitrogens is 2. The number of nitrogens with zero attached hydrogens (tertiary/aromatic N) is 1. The van der Waals surface area contributed by atoms with E-state index in [1.54, 1.807) is 6.20 Å². The van der Waals surface area contributed by atoms with Gasteiger partial charge < -0.3 is 14.7 Å². The molecule has 22 heavy (non-hydrogen) atoms. The van der Waals surface area contributed by atoms with E-state index < -0.39 is 7.12 Å². The molecule has 4 rings (SSSR count). The van der Waals surface area contributed by atoms with E-state index in [0.717, 1.165) is 22.5 Å². The van der Waals surface area contributed by atoms with E-state index in [1.807, 2.05) is 18.2 Å². The minimum Gasteiger partial charge on any atom is -0.531 e. The van der Waals surface area contributed by atoms with Gasteiger partial charge in [-0.15, -0.1) is 0 Å². The van der Waals surface area contributed by atoms with Gasteiger partial charge in [0.1, 0.15) is 11.4 Å². The first-order chi connectivity index (χ1) is 10.8. The lowest BCUT2D eigenvalue weighted by atomic mass is 9.71. The molecule has 1 saturated carbocycles. The minimum absolute atomic E-state index is 0.514. The summed E-state index contributed by atoms with van der Waals surface area (Å²) in [4.78, 5) is 7.54. The standard InChI is InChI=1S/C17H21BN2O2/c1-2-11-3-5-12(6-4-11)14-9-18(21)22-15-10-20-17-13(16(14)15)7-8-19-17/h7-12,21H,2-6H2,1H3,(H,19,20). The summed E-state index contributed by atoms with van der Waals surface area (Å²) < 4.78 is 5.58. The molecule has 0 radical (unpaired) electrons. The van der Waals surface area contributed by atoms with Gasteiger partial charge in [-0.05, 0) is 55.1 Å². The molecule has 4 nitrogen and oxygen atoms in total. The van der Waals surface area contributed by atoms with E-state index in [1.165, 1.54) is 37.7 Å². The first-order valence-corrected chi connectivity index (χ1v) is 8.29. The molecule has 5 heteroatoms.